The molecule has 0 unspecified atom stereocenters. The normalized spacial score (nSPS) is 11.0. The summed E-state index contributed by atoms with van der Waals surface area (Å²) in [6, 6.07) is 9.33. The predicted molar refractivity (Wildman–Crippen MR) is 117 cm³/mol. The lowest BCUT2D eigenvalue weighted by molar-refractivity contribution is -0.131. The number of nitrogens with one attached hydrogen (secondary N) is 4. The van der Waals surface area contributed by atoms with Gasteiger partial charge in [-0.15, -0.1) is 5.10 Å². The molecule has 0 aliphatic rings. The van der Waals surface area contributed by atoms with Crippen molar-refractivity contribution in [2.75, 3.05) is 19.7 Å². The number of carbonyl (C=O) groups is 3. The van der Waals surface area contributed by atoms with Gasteiger partial charge in [0, 0.05) is 24.6 Å². The summed E-state index contributed by atoms with van der Waals surface area (Å²) >= 11 is 0. The van der Waals surface area contributed by atoms with Crippen molar-refractivity contribution in [1.29, 1.82) is 0 Å². The molecule has 9 nitrogen and oxygen atoms in total. The summed E-state index contributed by atoms with van der Waals surface area (Å²) in [6.45, 7) is 8.53. The van der Waals surface area contributed by atoms with Crippen LogP contribution in [0.1, 0.15) is 49.3 Å². The molecule has 0 fully saturated rings. The van der Waals surface area contributed by atoms with Gasteiger partial charge < -0.3 is 20.7 Å². The number of benzene rings is 1. The fraction of sp³-hybridized carbons (Fsp3) is 0.455. The van der Waals surface area contributed by atoms with Crippen molar-refractivity contribution in [1.82, 2.24) is 26.1 Å². The first-order valence-electron chi connectivity index (χ1n) is 10.3. The minimum Gasteiger partial charge on any atom is -0.477 e. The minimum atomic E-state index is -0.527. The molecule has 1 heterocycles. The second-order valence-corrected chi connectivity index (χ2v) is 8.08. The van der Waals surface area contributed by atoms with Crippen LogP contribution in [0.5, 0.6) is 5.88 Å². The van der Waals surface area contributed by atoms with Gasteiger partial charge in [0.2, 0.25) is 17.7 Å². The highest BCUT2D eigenvalue weighted by atomic mass is 16.5. The monoisotopic (exact) mass is 429 g/mol. The van der Waals surface area contributed by atoms with Crippen LogP contribution in [-0.4, -0.2) is 47.6 Å². The first-order valence-corrected chi connectivity index (χ1v) is 10.3. The number of hydrogen-bond donors (Lipinski definition) is 4. The van der Waals surface area contributed by atoms with Crippen LogP contribution in [0.2, 0.25) is 0 Å². The Kier molecular flexibility index (Phi) is 8.60. The Morgan fingerprint density at radius 3 is 2.35 bits per heavy atom. The molecule has 2 aromatic rings. The molecule has 0 bridgehead atoms. The molecule has 9 heteroatoms. The van der Waals surface area contributed by atoms with Crippen molar-refractivity contribution >= 4 is 17.7 Å². The molecule has 1 aromatic heterocycles. The Hall–Kier alpha value is -3.36. The topological polar surface area (TPSA) is 125 Å². The molecule has 0 saturated heterocycles. The molecular weight excluding hydrogens is 398 g/mol. The molecule has 0 spiro atoms. The minimum absolute atomic E-state index is 0.0454. The van der Waals surface area contributed by atoms with Crippen LogP contribution in [0.3, 0.4) is 0 Å². The Labute approximate surface area is 182 Å². The summed E-state index contributed by atoms with van der Waals surface area (Å²) in [5.74, 6) is -0.250. The molecule has 0 radical (unpaired) electrons. The zero-order valence-corrected chi connectivity index (χ0v) is 18.5. The summed E-state index contributed by atoms with van der Waals surface area (Å²) in [4.78, 5) is 35.8. The Morgan fingerprint density at radius 2 is 1.71 bits per heavy atom. The number of rotatable bonds is 10. The van der Waals surface area contributed by atoms with Gasteiger partial charge in [0.05, 0.1) is 13.2 Å². The van der Waals surface area contributed by atoms with Crippen molar-refractivity contribution < 1.29 is 19.1 Å². The average molecular weight is 430 g/mol. The Bertz CT molecular complexity index is 884. The summed E-state index contributed by atoms with van der Waals surface area (Å²) in [7, 11) is 0. The maximum atomic E-state index is 12.1. The smallest absolute Gasteiger partial charge is 0.269 e. The lowest BCUT2D eigenvalue weighted by Gasteiger charge is -2.17. The number of H-pyrrole nitrogens is 1. The van der Waals surface area contributed by atoms with E-state index in [4.69, 9.17) is 4.74 Å². The first-order chi connectivity index (χ1) is 14.7. The van der Waals surface area contributed by atoms with Crippen LogP contribution in [0.4, 0.5) is 0 Å². The maximum Gasteiger partial charge on any atom is 0.269 e. The number of hydrogen-bond acceptors (Lipinski definition) is 5. The SMILES string of the molecule is CCOc1cc(C(=O)NCCc2ccc(CNC(=O)CNC(=O)C(C)(C)C)cc2)[nH]n1. The molecule has 31 heavy (non-hydrogen) atoms. The number of carbonyl (C=O) groups excluding carboxylic acids is 3. The van der Waals surface area contributed by atoms with Gasteiger partial charge in [-0.25, -0.2) is 0 Å². The van der Waals surface area contributed by atoms with Crippen molar-refractivity contribution in [2.24, 2.45) is 5.41 Å². The van der Waals surface area contributed by atoms with Crippen LogP contribution in [0.15, 0.2) is 30.3 Å². The molecule has 1 aromatic carbocycles. The first kappa shape index (κ1) is 23.9. The maximum absolute atomic E-state index is 12.1. The van der Waals surface area contributed by atoms with Gasteiger partial charge >= 0.3 is 0 Å². The van der Waals surface area contributed by atoms with E-state index in [1.165, 1.54) is 0 Å². The zero-order valence-electron chi connectivity index (χ0n) is 18.5. The van der Waals surface area contributed by atoms with Crippen LogP contribution in [0.25, 0.3) is 0 Å². The van der Waals surface area contributed by atoms with Gasteiger partial charge in [-0.2, -0.15) is 0 Å². The van der Waals surface area contributed by atoms with Crippen LogP contribution < -0.4 is 20.7 Å². The summed E-state index contributed by atoms with van der Waals surface area (Å²) in [6.07, 6.45) is 0.670. The lowest BCUT2D eigenvalue weighted by Crippen LogP contribution is -2.41. The summed E-state index contributed by atoms with van der Waals surface area (Å²) in [5.41, 5.74) is 1.84. The standard InChI is InChI=1S/C22H31N5O4/c1-5-31-19-12-17(26-27-19)20(29)23-11-10-15-6-8-16(9-7-15)13-24-18(28)14-25-21(30)22(2,3)4/h6-9,12H,5,10-11,13-14H2,1-4H3,(H,23,29)(H,24,28)(H,25,30)(H,26,27). The molecule has 0 aliphatic carbocycles. The van der Waals surface area contributed by atoms with Gasteiger partial charge in [-0.05, 0) is 24.5 Å². The molecule has 0 saturated carbocycles. The third-order valence-electron chi connectivity index (χ3n) is 4.39. The fourth-order valence-electron chi connectivity index (χ4n) is 2.57. The highest BCUT2D eigenvalue weighted by molar-refractivity contribution is 5.92. The van der Waals surface area contributed by atoms with Crippen LogP contribution >= 0.6 is 0 Å². The van der Waals surface area contributed by atoms with E-state index in [9.17, 15) is 14.4 Å². The van der Waals surface area contributed by atoms with Crippen molar-refractivity contribution in [3.8, 4) is 5.88 Å². The number of amides is 3. The number of aromatic nitrogens is 2. The highest BCUT2D eigenvalue weighted by Gasteiger charge is 2.21. The van der Waals surface area contributed by atoms with E-state index in [1.54, 1.807) is 26.8 Å². The van der Waals surface area contributed by atoms with Crippen molar-refractivity contribution in [3.63, 3.8) is 0 Å². The number of ether oxygens (including phenoxy) is 1. The van der Waals surface area contributed by atoms with E-state index in [-0.39, 0.29) is 24.3 Å². The van der Waals surface area contributed by atoms with Crippen molar-refractivity contribution in [3.05, 3.63) is 47.2 Å². The van der Waals surface area contributed by atoms with E-state index in [2.05, 4.69) is 26.1 Å². The average Bonchev–Trinajstić information content (AvgIpc) is 3.19. The number of nitrogens with zero attached hydrogens (tertiary/aromatic N) is 1. The van der Waals surface area contributed by atoms with E-state index >= 15 is 0 Å². The van der Waals surface area contributed by atoms with E-state index in [1.807, 2.05) is 31.2 Å². The second kappa shape index (κ2) is 11.1. The van der Waals surface area contributed by atoms with Crippen molar-refractivity contribution in [2.45, 2.75) is 40.7 Å². The van der Waals surface area contributed by atoms with E-state index < -0.39 is 5.41 Å². The third kappa shape index (κ3) is 8.12. The molecule has 2 rings (SSSR count). The number of aromatic amines is 1. The quantitative estimate of drug-likeness (QED) is 0.456. The summed E-state index contributed by atoms with van der Waals surface area (Å²) in [5, 5.41) is 14.8. The Morgan fingerprint density at radius 1 is 1.03 bits per heavy atom. The molecule has 4 N–H and O–H groups in total. The largest absolute Gasteiger partial charge is 0.477 e. The zero-order chi connectivity index (χ0) is 22.9. The van der Waals surface area contributed by atoms with Gasteiger partial charge in [0.15, 0.2) is 0 Å². The molecular formula is C22H31N5O4. The fourth-order valence-corrected chi connectivity index (χ4v) is 2.57. The summed E-state index contributed by atoms with van der Waals surface area (Å²) < 4.78 is 5.23. The highest BCUT2D eigenvalue weighted by Crippen LogP contribution is 2.12. The van der Waals surface area contributed by atoms with Gasteiger partial charge in [0.25, 0.3) is 5.91 Å². The molecule has 168 valence electrons. The van der Waals surface area contributed by atoms with Gasteiger partial charge in [-0.1, -0.05) is 45.0 Å². The third-order valence-corrected chi connectivity index (χ3v) is 4.39. The van der Waals surface area contributed by atoms with E-state index in [0.29, 0.717) is 37.7 Å². The van der Waals surface area contributed by atoms with Crippen LogP contribution in [-0.2, 0) is 22.6 Å². The van der Waals surface area contributed by atoms with Gasteiger partial charge in [-0.3, -0.25) is 19.5 Å². The second-order valence-electron chi connectivity index (χ2n) is 8.08. The van der Waals surface area contributed by atoms with E-state index in [0.717, 1.165) is 11.1 Å². The lowest BCUT2D eigenvalue weighted by atomic mass is 9.96. The predicted octanol–water partition coefficient (Wildman–Crippen LogP) is 1.56. The van der Waals surface area contributed by atoms with Crippen LogP contribution in [0, 0.1) is 5.41 Å². The molecule has 0 atom stereocenters. The van der Waals surface area contributed by atoms with Gasteiger partial charge in [0.1, 0.15) is 5.69 Å². The Balaban J connectivity index is 1.69. The molecule has 0 aliphatic heterocycles. The molecule has 3 amide bonds.